The van der Waals surface area contributed by atoms with Gasteiger partial charge in [0, 0.05) is 32.3 Å². The maximum absolute atomic E-state index is 9.11. The molecule has 0 bridgehead atoms. The van der Waals surface area contributed by atoms with E-state index in [-0.39, 0.29) is 6.10 Å². The second-order valence-corrected chi connectivity index (χ2v) is 5.09. The lowest BCUT2D eigenvalue weighted by Crippen LogP contribution is -2.26. The molecule has 3 heterocycles. The fourth-order valence-corrected chi connectivity index (χ4v) is 2.49. The summed E-state index contributed by atoms with van der Waals surface area (Å²) in [6.07, 6.45) is 5.56. The molecule has 0 aliphatic carbocycles. The van der Waals surface area contributed by atoms with Gasteiger partial charge in [0.2, 0.25) is 0 Å². The van der Waals surface area contributed by atoms with Gasteiger partial charge in [-0.15, -0.1) is 0 Å². The minimum absolute atomic E-state index is 0.00183. The molecule has 0 saturated carbocycles. The van der Waals surface area contributed by atoms with Crippen molar-refractivity contribution in [1.82, 2.24) is 20.4 Å². The Morgan fingerprint density at radius 3 is 3.17 bits per heavy atom. The molecule has 1 aliphatic heterocycles. The first-order chi connectivity index (χ1) is 11.3. The molecule has 1 saturated heterocycles. The summed E-state index contributed by atoms with van der Waals surface area (Å²) in [6, 6.07) is 5.65. The Morgan fingerprint density at radius 1 is 1.43 bits per heavy atom. The van der Waals surface area contributed by atoms with E-state index in [4.69, 9.17) is 10.00 Å². The van der Waals surface area contributed by atoms with Crippen LogP contribution in [0.2, 0.25) is 0 Å². The van der Waals surface area contributed by atoms with Gasteiger partial charge in [0.1, 0.15) is 30.1 Å². The molecule has 0 aromatic carbocycles. The van der Waals surface area contributed by atoms with E-state index in [0.717, 1.165) is 18.8 Å². The first-order valence-electron chi connectivity index (χ1n) is 7.30. The van der Waals surface area contributed by atoms with Crippen LogP contribution in [0.3, 0.4) is 0 Å². The van der Waals surface area contributed by atoms with Crippen LogP contribution < -0.4 is 20.5 Å². The Labute approximate surface area is 134 Å². The minimum atomic E-state index is 0.00183. The van der Waals surface area contributed by atoms with E-state index in [0.29, 0.717) is 23.7 Å². The first kappa shape index (κ1) is 15.0. The lowest BCUT2D eigenvalue weighted by molar-refractivity contribution is 0.223. The van der Waals surface area contributed by atoms with E-state index in [2.05, 4.69) is 36.8 Å². The summed E-state index contributed by atoms with van der Waals surface area (Å²) in [4.78, 5) is 14.6. The Kier molecular flexibility index (Phi) is 4.49. The fraction of sp³-hybridized carbons (Fsp3) is 0.333. The number of rotatable bonds is 5. The summed E-state index contributed by atoms with van der Waals surface area (Å²) in [7, 11) is 1.78. The highest BCUT2D eigenvalue weighted by atomic mass is 16.5. The molecule has 1 fully saturated rings. The summed E-state index contributed by atoms with van der Waals surface area (Å²) in [5.41, 5.74) is 6.27. The number of anilines is 2. The van der Waals surface area contributed by atoms with Crippen LogP contribution in [0.4, 0.5) is 11.6 Å². The fourth-order valence-electron chi connectivity index (χ4n) is 2.49. The van der Waals surface area contributed by atoms with Gasteiger partial charge in [-0.1, -0.05) is 0 Å². The highest BCUT2D eigenvalue weighted by Gasteiger charge is 2.26. The standard InChI is InChI=1S/C15H17N7O/c1-17-21-14-6-15(20-10-19-14)22-5-3-12(9-22)23-13-8-18-4-2-11(13)7-16/h2,4,6,8,10,12,17H,3,5,9H2,1H3,(H,19,20,21). The smallest absolute Gasteiger partial charge is 0.155 e. The molecule has 118 valence electrons. The van der Waals surface area contributed by atoms with Crippen molar-refractivity contribution in [2.24, 2.45) is 0 Å². The molecule has 3 rings (SSSR count). The second-order valence-electron chi connectivity index (χ2n) is 5.09. The Balaban J connectivity index is 1.67. The van der Waals surface area contributed by atoms with Gasteiger partial charge in [-0.25, -0.2) is 15.4 Å². The quantitative estimate of drug-likeness (QED) is 0.787. The van der Waals surface area contributed by atoms with Crippen LogP contribution in [-0.2, 0) is 0 Å². The van der Waals surface area contributed by atoms with E-state index in [1.54, 1.807) is 25.5 Å². The molecule has 0 spiro atoms. The molecule has 2 N–H and O–H groups in total. The first-order valence-corrected chi connectivity index (χ1v) is 7.30. The molecule has 0 amide bonds. The Hall–Kier alpha value is -2.92. The number of hydrazine groups is 1. The summed E-state index contributed by atoms with van der Waals surface area (Å²) in [6.45, 7) is 1.54. The van der Waals surface area contributed by atoms with E-state index in [1.165, 1.54) is 6.33 Å². The molecule has 2 aromatic heterocycles. The number of nitrogens with one attached hydrogen (secondary N) is 2. The van der Waals surface area contributed by atoms with Crippen molar-refractivity contribution in [2.45, 2.75) is 12.5 Å². The SMILES string of the molecule is CNNc1cc(N2CCC(Oc3cnccc3C#N)C2)ncn1. The summed E-state index contributed by atoms with van der Waals surface area (Å²) >= 11 is 0. The van der Waals surface area contributed by atoms with Crippen molar-refractivity contribution in [3.63, 3.8) is 0 Å². The van der Waals surface area contributed by atoms with Gasteiger partial charge in [-0.05, 0) is 6.07 Å². The minimum Gasteiger partial charge on any atom is -0.485 e. The maximum Gasteiger partial charge on any atom is 0.155 e. The summed E-state index contributed by atoms with van der Waals surface area (Å²) in [5.74, 6) is 2.08. The monoisotopic (exact) mass is 311 g/mol. The summed E-state index contributed by atoms with van der Waals surface area (Å²) in [5, 5.41) is 9.11. The van der Waals surface area contributed by atoms with Crippen molar-refractivity contribution < 1.29 is 4.74 Å². The number of nitrogens with zero attached hydrogens (tertiary/aromatic N) is 5. The predicted octanol–water partition coefficient (Wildman–Crippen LogP) is 0.947. The van der Waals surface area contributed by atoms with Gasteiger partial charge in [0.05, 0.1) is 18.3 Å². The molecule has 2 aromatic rings. The third-order valence-corrected chi connectivity index (χ3v) is 3.57. The molecule has 23 heavy (non-hydrogen) atoms. The zero-order chi connectivity index (χ0) is 16.1. The van der Waals surface area contributed by atoms with Crippen molar-refractivity contribution in [1.29, 1.82) is 5.26 Å². The molecule has 1 unspecified atom stereocenters. The van der Waals surface area contributed by atoms with Gasteiger partial charge in [-0.3, -0.25) is 4.98 Å². The van der Waals surface area contributed by atoms with Crippen LogP contribution in [0.1, 0.15) is 12.0 Å². The maximum atomic E-state index is 9.11. The number of ether oxygens (including phenoxy) is 1. The van der Waals surface area contributed by atoms with Crippen LogP contribution in [0.25, 0.3) is 0 Å². The van der Waals surface area contributed by atoms with Crippen LogP contribution in [0.15, 0.2) is 30.9 Å². The van der Waals surface area contributed by atoms with Gasteiger partial charge >= 0.3 is 0 Å². The Morgan fingerprint density at radius 2 is 2.35 bits per heavy atom. The molecule has 1 atom stereocenters. The van der Waals surface area contributed by atoms with Crippen molar-refractivity contribution >= 4 is 11.6 Å². The number of hydrogen-bond donors (Lipinski definition) is 2. The topological polar surface area (TPSA) is 99.0 Å². The van der Waals surface area contributed by atoms with Gasteiger partial charge < -0.3 is 15.1 Å². The van der Waals surface area contributed by atoms with Crippen molar-refractivity contribution in [3.05, 3.63) is 36.4 Å². The van der Waals surface area contributed by atoms with Gasteiger partial charge in [0.25, 0.3) is 0 Å². The normalized spacial score (nSPS) is 16.9. The predicted molar refractivity (Wildman–Crippen MR) is 84.9 cm³/mol. The second kappa shape index (κ2) is 6.89. The van der Waals surface area contributed by atoms with Crippen LogP contribution in [0, 0.1) is 11.3 Å². The molecule has 8 heteroatoms. The van der Waals surface area contributed by atoms with Gasteiger partial charge in [-0.2, -0.15) is 5.26 Å². The summed E-state index contributed by atoms with van der Waals surface area (Å²) < 4.78 is 5.93. The van der Waals surface area contributed by atoms with Crippen LogP contribution in [-0.4, -0.2) is 41.2 Å². The molecule has 8 nitrogen and oxygen atoms in total. The number of aromatic nitrogens is 3. The van der Waals surface area contributed by atoms with E-state index in [1.807, 2.05) is 6.07 Å². The lowest BCUT2D eigenvalue weighted by atomic mass is 10.2. The number of hydrogen-bond acceptors (Lipinski definition) is 8. The van der Waals surface area contributed by atoms with E-state index < -0.39 is 0 Å². The number of nitriles is 1. The largest absolute Gasteiger partial charge is 0.485 e. The zero-order valence-electron chi connectivity index (χ0n) is 12.7. The van der Waals surface area contributed by atoms with Crippen LogP contribution in [0.5, 0.6) is 5.75 Å². The third kappa shape index (κ3) is 3.46. The molecular weight excluding hydrogens is 294 g/mol. The van der Waals surface area contributed by atoms with Crippen molar-refractivity contribution in [2.75, 3.05) is 30.5 Å². The molecular formula is C15H17N7O. The van der Waals surface area contributed by atoms with Crippen molar-refractivity contribution in [3.8, 4) is 11.8 Å². The Bertz CT molecular complexity index is 715. The molecule has 1 aliphatic rings. The average molecular weight is 311 g/mol. The highest BCUT2D eigenvalue weighted by Crippen LogP contribution is 2.24. The highest BCUT2D eigenvalue weighted by molar-refractivity contribution is 5.49. The van der Waals surface area contributed by atoms with E-state index >= 15 is 0 Å². The number of pyridine rings is 1. The zero-order valence-corrected chi connectivity index (χ0v) is 12.7. The van der Waals surface area contributed by atoms with E-state index in [9.17, 15) is 0 Å². The van der Waals surface area contributed by atoms with Crippen LogP contribution >= 0.6 is 0 Å². The van der Waals surface area contributed by atoms with Gasteiger partial charge in [0.15, 0.2) is 5.75 Å². The molecule has 0 radical (unpaired) electrons. The third-order valence-electron chi connectivity index (χ3n) is 3.57. The lowest BCUT2D eigenvalue weighted by Gasteiger charge is -2.18. The average Bonchev–Trinajstić information content (AvgIpc) is 3.05.